The third kappa shape index (κ3) is 5.67. The minimum absolute atomic E-state index is 0.0392. The molecule has 1 aliphatic heterocycles. The maximum atomic E-state index is 13.0. The lowest BCUT2D eigenvalue weighted by atomic mass is 10.0. The van der Waals surface area contributed by atoms with E-state index in [1.54, 1.807) is 28.6 Å². The number of hydrogen-bond donors (Lipinski definition) is 1. The van der Waals surface area contributed by atoms with Crippen molar-refractivity contribution in [1.82, 2.24) is 15.2 Å². The fourth-order valence-electron chi connectivity index (χ4n) is 3.66. The molecular formula is C24H24FN3O4S. The van der Waals surface area contributed by atoms with E-state index in [0.29, 0.717) is 55.2 Å². The molecule has 0 atom stereocenters. The van der Waals surface area contributed by atoms with Gasteiger partial charge in [-0.25, -0.2) is 9.37 Å². The Morgan fingerprint density at radius 3 is 2.52 bits per heavy atom. The Bertz CT molecular complexity index is 1100. The Labute approximate surface area is 195 Å². The van der Waals surface area contributed by atoms with Crippen LogP contribution in [0.25, 0.3) is 0 Å². The molecule has 4 rings (SSSR count). The standard InChI is InChI=1S/C24H24FN3O4S/c1-31-22-12-17(4-7-21(22)32-13-20-14-33-15-26-20)24(30)28-10-8-19(9-11-28)27-23(29)16-2-5-18(25)6-3-16/h2-7,12,14-15,19H,8-11,13H2,1H3,(H,27,29). The van der Waals surface area contributed by atoms with E-state index < -0.39 is 0 Å². The largest absolute Gasteiger partial charge is 0.493 e. The zero-order chi connectivity index (χ0) is 23.2. The number of nitrogens with one attached hydrogen (secondary N) is 1. The van der Waals surface area contributed by atoms with Gasteiger partial charge in [0.25, 0.3) is 11.8 Å². The second-order valence-electron chi connectivity index (χ2n) is 7.68. The monoisotopic (exact) mass is 469 g/mol. The quantitative estimate of drug-likeness (QED) is 0.568. The Balaban J connectivity index is 1.32. The predicted octanol–water partition coefficient (Wildman–Crippen LogP) is 3.90. The lowest BCUT2D eigenvalue weighted by molar-refractivity contribution is 0.0697. The smallest absolute Gasteiger partial charge is 0.253 e. The number of aromatic nitrogens is 1. The van der Waals surface area contributed by atoms with Gasteiger partial charge in [-0.05, 0) is 55.3 Å². The van der Waals surface area contributed by atoms with Crippen molar-refractivity contribution in [1.29, 1.82) is 0 Å². The Morgan fingerprint density at radius 2 is 1.85 bits per heavy atom. The summed E-state index contributed by atoms with van der Waals surface area (Å²) in [5.41, 5.74) is 3.51. The van der Waals surface area contributed by atoms with Crippen LogP contribution >= 0.6 is 11.3 Å². The van der Waals surface area contributed by atoms with Gasteiger partial charge in [-0.2, -0.15) is 0 Å². The number of ether oxygens (including phenoxy) is 2. The van der Waals surface area contributed by atoms with Crippen molar-refractivity contribution < 1.29 is 23.5 Å². The van der Waals surface area contributed by atoms with Crippen molar-refractivity contribution in [3.8, 4) is 11.5 Å². The number of rotatable bonds is 7. The third-order valence-electron chi connectivity index (χ3n) is 5.49. The second kappa shape index (κ2) is 10.4. The van der Waals surface area contributed by atoms with Crippen LogP contribution in [-0.4, -0.2) is 47.9 Å². The minimum atomic E-state index is -0.380. The van der Waals surface area contributed by atoms with E-state index in [1.807, 2.05) is 5.38 Å². The molecule has 1 fully saturated rings. The van der Waals surface area contributed by atoms with Crippen LogP contribution in [0.2, 0.25) is 0 Å². The van der Waals surface area contributed by atoms with Crippen LogP contribution in [0.3, 0.4) is 0 Å². The van der Waals surface area contributed by atoms with Crippen LogP contribution in [0.5, 0.6) is 11.5 Å². The number of thiazole rings is 1. The zero-order valence-corrected chi connectivity index (χ0v) is 18.9. The van der Waals surface area contributed by atoms with Crippen LogP contribution in [0, 0.1) is 5.82 Å². The maximum absolute atomic E-state index is 13.0. The van der Waals surface area contributed by atoms with Crippen LogP contribution < -0.4 is 14.8 Å². The van der Waals surface area contributed by atoms with Gasteiger partial charge in [-0.15, -0.1) is 11.3 Å². The van der Waals surface area contributed by atoms with Crippen LogP contribution in [0.15, 0.2) is 53.4 Å². The molecule has 1 saturated heterocycles. The summed E-state index contributed by atoms with van der Waals surface area (Å²) in [6, 6.07) is 10.5. The Morgan fingerprint density at radius 1 is 1.12 bits per heavy atom. The highest BCUT2D eigenvalue weighted by Gasteiger charge is 2.25. The molecule has 2 aromatic carbocycles. The summed E-state index contributed by atoms with van der Waals surface area (Å²) >= 11 is 1.50. The summed E-state index contributed by atoms with van der Waals surface area (Å²) in [6.45, 7) is 1.37. The first-order chi connectivity index (χ1) is 16.0. The molecule has 0 aliphatic carbocycles. The molecule has 9 heteroatoms. The molecule has 1 aliphatic rings. The van der Waals surface area contributed by atoms with Gasteiger partial charge < -0.3 is 19.7 Å². The molecule has 1 aromatic heterocycles. The molecule has 0 radical (unpaired) electrons. The molecular weight excluding hydrogens is 445 g/mol. The van der Waals surface area contributed by atoms with Crippen LogP contribution in [-0.2, 0) is 6.61 Å². The van der Waals surface area contributed by atoms with E-state index in [0.717, 1.165) is 5.69 Å². The molecule has 33 heavy (non-hydrogen) atoms. The molecule has 0 spiro atoms. The summed E-state index contributed by atoms with van der Waals surface area (Å²) in [7, 11) is 1.54. The van der Waals surface area contributed by atoms with Crippen molar-refractivity contribution >= 4 is 23.2 Å². The number of benzene rings is 2. The molecule has 1 N–H and O–H groups in total. The Hall–Kier alpha value is -3.46. The summed E-state index contributed by atoms with van der Waals surface area (Å²) in [4.78, 5) is 31.3. The number of nitrogens with zero attached hydrogens (tertiary/aromatic N) is 2. The number of methoxy groups -OCH3 is 1. The molecule has 7 nitrogen and oxygen atoms in total. The van der Waals surface area contributed by atoms with E-state index in [2.05, 4.69) is 10.3 Å². The lowest BCUT2D eigenvalue weighted by Gasteiger charge is -2.32. The lowest BCUT2D eigenvalue weighted by Crippen LogP contribution is -2.46. The van der Waals surface area contributed by atoms with Gasteiger partial charge in [0.05, 0.1) is 18.3 Å². The third-order valence-corrected chi connectivity index (χ3v) is 6.13. The number of halogens is 1. The van der Waals surface area contributed by atoms with Crippen molar-refractivity contribution in [2.75, 3.05) is 20.2 Å². The highest BCUT2D eigenvalue weighted by atomic mass is 32.1. The maximum Gasteiger partial charge on any atom is 0.253 e. The number of piperidine rings is 1. The number of likely N-dealkylation sites (tertiary alicyclic amines) is 1. The van der Waals surface area contributed by atoms with Gasteiger partial charge in [0.2, 0.25) is 0 Å². The first kappa shape index (κ1) is 22.7. The van der Waals surface area contributed by atoms with Gasteiger partial charge in [-0.1, -0.05) is 0 Å². The molecule has 2 amide bonds. The molecule has 0 saturated carbocycles. The summed E-state index contributed by atoms with van der Waals surface area (Å²) < 4.78 is 24.2. The van der Waals surface area contributed by atoms with Crippen molar-refractivity contribution in [2.24, 2.45) is 0 Å². The van der Waals surface area contributed by atoms with Crippen molar-refractivity contribution in [2.45, 2.75) is 25.5 Å². The number of carbonyl (C=O) groups excluding carboxylic acids is 2. The van der Waals surface area contributed by atoms with Gasteiger partial charge in [0.15, 0.2) is 11.5 Å². The fourth-order valence-corrected chi connectivity index (χ4v) is 4.20. The first-order valence-electron chi connectivity index (χ1n) is 10.6. The molecule has 3 aromatic rings. The van der Waals surface area contributed by atoms with E-state index in [4.69, 9.17) is 9.47 Å². The number of amides is 2. The minimum Gasteiger partial charge on any atom is -0.493 e. The van der Waals surface area contributed by atoms with Crippen molar-refractivity contribution in [3.63, 3.8) is 0 Å². The molecule has 0 bridgehead atoms. The van der Waals surface area contributed by atoms with E-state index >= 15 is 0 Å². The normalized spacial score (nSPS) is 14.1. The summed E-state index contributed by atoms with van der Waals surface area (Å²) in [6.07, 6.45) is 1.29. The van der Waals surface area contributed by atoms with Gasteiger partial charge in [0, 0.05) is 35.6 Å². The SMILES string of the molecule is COc1cc(C(=O)N2CCC(NC(=O)c3ccc(F)cc3)CC2)ccc1OCc1cscn1. The summed E-state index contributed by atoms with van der Waals surface area (Å²) in [5, 5.41) is 4.88. The van der Waals surface area contributed by atoms with Gasteiger partial charge in [0.1, 0.15) is 12.4 Å². The van der Waals surface area contributed by atoms with Crippen LogP contribution in [0.1, 0.15) is 39.3 Å². The number of hydrogen-bond acceptors (Lipinski definition) is 6. The molecule has 2 heterocycles. The van der Waals surface area contributed by atoms with E-state index in [1.165, 1.54) is 42.7 Å². The van der Waals surface area contributed by atoms with Gasteiger partial charge >= 0.3 is 0 Å². The first-order valence-corrected chi connectivity index (χ1v) is 11.5. The number of carbonyl (C=O) groups is 2. The topological polar surface area (TPSA) is 80.8 Å². The molecule has 172 valence electrons. The van der Waals surface area contributed by atoms with E-state index in [9.17, 15) is 14.0 Å². The summed E-state index contributed by atoms with van der Waals surface area (Å²) in [5.74, 6) is 0.316. The zero-order valence-electron chi connectivity index (χ0n) is 18.1. The fraction of sp³-hybridized carbons (Fsp3) is 0.292. The van der Waals surface area contributed by atoms with Crippen molar-refractivity contribution in [3.05, 3.63) is 76.0 Å². The van der Waals surface area contributed by atoms with E-state index in [-0.39, 0.29) is 23.7 Å². The Kier molecular flexibility index (Phi) is 7.19. The molecule has 0 unspecified atom stereocenters. The van der Waals surface area contributed by atoms with Crippen LogP contribution in [0.4, 0.5) is 4.39 Å². The highest BCUT2D eigenvalue weighted by Crippen LogP contribution is 2.29. The predicted molar refractivity (Wildman–Crippen MR) is 122 cm³/mol. The second-order valence-corrected chi connectivity index (χ2v) is 8.40. The average molecular weight is 470 g/mol. The average Bonchev–Trinajstić information content (AvgIpc) is 3.37. The highest BCUT2D eigenvalue weighted by molar-refractivity contribution is 7.07. The van der Waals surface area contributed by atoms with Gasteiger partial charge in [-0.3, -0.25) is 9.59 Å².